The monoisotopic (exact) mass is 714 g/mol. The van der Waals surface area contributed by atoms with Crippen LogP contribution in [-0.2, 0) is 26.1 Å². The smallest absolute Gasteiger partial charge is 0.294 e. The van der Waals surface area contributed by atoms with Crippen molar-refractivity contribution >= 4 is 77.0 Å². The minimum absolute atomic E-state index is 0.0264. The Kier molecular flexibility index (Phi) is 9.89. The number of phenols is 1. The minimum Gasteiger partial charge on any atom is -0.506 e. The second-order valence-electron chi connectivity index (χ2n) is 9.19. The summed E-state index contributed by atoms with van der Waals surface area (Å²) in [7, 11) is -4.42. The number of hydrazone groups is 2. The molecule has 2 amide bonds. The quantitative estimate of drug-likeness (QED) is 0.0819. The van der Waals surface area contributed by atoms with E-state index in [1.807, 2.05) is 42.5 Å². The molecular formula is C29H24Br2N4O6S. The molecule has 0 aliphatic heterocycles. The van der Waals surface area contributed by atoms with Crippen LogP contribution in [0.2, 0.25) is 0 Å². The first-order chi connectivity index (χ1) is 19.9. The van der Waals surface area contributed by atoms with Crippen LogP contribution in [0.1, 0.15) is 22.3 Å². The molecular weight excluding hydrogens is 692 g/mol. The summed E-state index contributed by atoms with van der Waals surface area (Å²) in [6.07, 6.45) is 2.47. The fourth-order valence-electron chi connectivity index (χ4n) is 3.97. The number of benzene rings is 4. The van der Waals surface area contributed by atoms with E-state index in [0.717, 1.165) is 21.9 Å². The number of carbonyl (C=O) groups is 2. The first-order valence-electron chi connectivity index (χ1n) is 12.3. The number of hydrogen-bond donors (Lipinski definition) is 4. The van der Waals surface area contributed by atoms with Crippen molar-refractivity contribution in [2.75, 3.05) is 0 Å². The van der Waals surface area contributed by atoms with Crippen molar-refractivity contribution in [2.24, 2.45) is 16.1 Å². The fourth-order valence-corrected chi connectivity index (χ4v) is 5.66. The normalized spacial score (nSPS) is 12.6. The average molecular weight is 716 g/mol. The molecule has 1 unspecified atom stereocenters. The molecule has 4 rings (SSSR count). The van der Waals surface area contributed by atoms with Gasteiger partial charge in [-0.2, -0.15) is 18.6 Å². The zero-order valence-electron chi connectivity index (χ0n) is 22.0. The largest absolute Gasteiger partial charge is 0.506 e. The highest BCUT2D eigenvalue weighted by Crippen LogP contribution is 2.35. The molecule has 4 aromatic carbocycles. The van der Waals surface area contributed by atoms with Gasteiger partial charge in [0.15, 0.2) is 0 Å². The first-order valence-corrected chi connectivity index (χ1v) is 15.4. The van der Waals surface area contributed by atoms with E-state index >= 15 is 0 Å². The topological polar surface area (TPSA) is 158 Å². The molecule has 1 atom stereocenters. The summed E-state index contributed by atoms with van der Waals surface area (Å²) in [4.78, 5) is 26.0. The zero-order chi connectivity index (χ0) is 30.4. The number of fused-ring (bicyclic) bond motifs is 1. The molecule has 0 bridgehead atoms. The maximum atomic E-state index is 13.2. The van der Waals surface area contributed by atoms with Gasteiger partial charge in [0.2, 0.25) is 0 Å². The van der Waals surface area contributed by atoms with E-state index in [1.165, 1.54) is 36.7 Å². The number of rotatable bonds is 9. The van der Waals surface area contributed by atoms with Gasteiger partial charge in [-0.1, -0.05) is 70.5 Å². The van der Waals surface area contributed by atoms with Crippen LogP contribution in [0.15, 0.2) is 96.8 Å². The number of halogens is 2. The molecule has 0 radical (unpaired) electrons. The Labute approximate surface area is 258 Å². The van der Waals surface area contributed by atoms with E-state index in [1.54, 1.807) is 13.0 Å². The summed E-state index contributed by atoms with van der Waals surface area (Å²) in [6, 6.07) is 20.2. The highest BCUT2D eigenvalue weighted by atomic mass is 79.9. The lowest BCUT2D eigenvalue weighted by atomic mass is 9.96. The van der Waals surface area contributed by atoms with Crippen molar-refractivity contribution < 1.29 is 27.7 Å². The van der Waals surface area contributed by atoms with Crippen LogP contribution < -0.4 is 10.9 Å². The van der Waals surface area contributed by atoms with Crippen LogP contribution in [0.3, 0.4) is 0 Å². The minimum atomic E-state index is -4.42. The lowest BCUT2D eigenvalue weighted by Gasteiger charge is -2.14. The molecule has 0 aliphatic rings. The Morgan fingerprint density at radius 2 is 1.57 bits per heavy atom. The van der Waals surface area contributed by atoms with Gasteiger partial charge in [-0.15, -0.1) is 0 Å². The molecule has 10 nitrogen and oxygen atoms in total. The summed E-state index contributed by atoms with van der Waals surface area (Å²) in [5.41, 5.74) is 6.81. The molecule has 0 saturated heterocycles. The van der Waals surface area contributed by atoms with Gasteiger partial charge >= 0.3 is 0 Å². The number of nitrogens with zero attached hydrogens (tertiary/aromatic N) is 2. The summed E-state index contributed by atoms with van der Waals surface area (Å²) in [5.74, 6) is -2.77. The Morgan fingerprint density at radius 3 is 2.26 bits per heavy atom. The maximum absolute atomic E-state index is 13.2. The van der Waals surface area contributed by atoms with Crippen molar-refractivity contribution in [3.8, 4) is 5.75 Å². The summed E-state index contributed by atoms with van der Waals surface area (Å²) >= 11 is 6.72. The van der Waals surface area contributed by atoms with E-state index < -0.39 is 27.9 Å². The number of carbonyl (C=O) groups excluding carboxylic acids is 2. The molecule has 4 aromatic rings. The van der Waals surface area contributed by atoms with Gasteiger partial charge in [-0.05, 0) is 74.9 Å². The Hall–Kier alpha value is -3.91. The lowest BCUT2D eigenvalue weighted by molar-refractivity contribution is -0.135. The molecule has 4 N–H and O–H groups in total. The number of aromatic hydroxyl groups is 1. The van der Waals surface area contributed by atoms with Gasteiger partial charge in [0, 0.05) is 10.0 Å². The number of nitrogens with one attached hydrogen (secondary N) is 2. The van der Waals surface area contributed by atoms with Gasteiger partial charge in [0.25, 0.3) is 21.9 Å². The fraction of sp³-hybridized carbons (Fsp3) is 0.103. The summed E-state index contributed by atoms with van der Waals surface area (Å²) in [6.45, 7) is 1.81. The van der Waals surface area contributed by atoms with Crippen LogP contribution in [-0.4, -0.2) is 42.3 Å². The summed E-state index contributed by atoms with van der Waals surface area (Å²) in [5, 5.41) is 20.2. The Balaban J connectivity index is 1.55. The number of phenolic OH excluding ortho intramolecular Hbond substituents is 1. The van der Waals surface area contributed by atoms with Gasteiger partial charge in [0.1, 0.15) is 11.7 Å². The van der Waals surface area contributed by atoms with Crippen molar-refractivity contribution in [1.82, 2.24) is 10.9 Å². The van der Waals surface area contributed by atoms with E-state index in [4.69, 9.17) is 0 Å². The molecule has 0 saturated carbocycles. The van der Waals surface area contributed by atoms with E-state index in [-0.39, 0.29) is 17.1 Å². The van der Waals surface area contributed by atoms with E-state index in [9.17, 15) is 27.7 Å². The lowest BCUT2D eigenvalue weighted by Crippen LogP contribution is -2.39. The second kappa shape index (κ2) is 13.4. The second-order valence-corrected chi connectivity index (χ2v) is 12.3. The average Bonchev–Trinajstić information content (AvgIpc) is 2.96. The van der Waals surface area contributed by atoms with Crippen molar-refractivity contribution in [1.29, 1.82) is 0 Å². The molecule has 0 fully saturated rings. The molecule has 0 spiro atoms. The SMILES string of the molecule is Cc1c(Br)cc(/C=N/NC(=O)C(Cc2ccc3ccccc3c2)C(=O)N/N=C/c2cccc(S(=O)(=O)O)c2)c(O)c1Br. The van der Waals surface area contributed by atoms with E-state index in [0.29, 0.717) is 20.1 Å². The highest BCUT2D eigenvalue weighted by Gasteiger charge is 2.27. The van der Waals surface area contributed by atoms with Crippen molar-refractivity contribution in [2.45, 2.75) is 18.2 Å². The van der Waals surface area contributed by atoms with Crippen LogP contribution >= 0.6 is 31.9 Å². The maximum Gasteiger partial charge on any atom is 0.294 e. The molecule has 0 aliphatic carbocycles. The summed E-state index contributed by atoms with van der Waals surface area (Å²) < 4.78 is 33.2. The molecule has 0 heterocycles. The zero-order valence-corrected chi connectivity index (χ0v) is 25.9. The molecule has 0 aromatic heterocycles. The van der Waals surface area contributed by atoms with Crippen LogP contribution in [0.5, 0.6) is 5.75 Å². The first kappa shape index (κ1) is 31.0. The molecule has 42 heavy (non-hydrogen) atoms. The van der Waals surface area contributed by atoms with E-state index in [2.05, 4.69) is 52.9 Å². The third-order valence-corrected chi connectivity index (χ3v) is 8.90. The number of amides is 2. The van der Waals surface area contributed by atoms with Crippen LogP contribution in [0.4, 0.5) is 0 Å². The van der Waals surface area contributed by atoms with Gasteiger partial charge < -0.3 is 5.11 Å². The third kappa shape index (κ3) is 7.68. The van der Waals surface area contributed by atoms with Gasteiger partial charge in [-0.3, -0.25) is 14.1 Å². The van der Waals surface area contributed by atoms with Crippen LogP contribution in [0.25, 0.3) is 10.8 Å². The van der Waals surface area contributed by atoms with Gasteiger partial charge in [0.05, 0.1) is 21.8 Å². The molecule has 216 valence electrons. The van der Waals surface area contributed by atoms with Crippen LogP contribution in [0, 0.1) is 12.8 Å². The number of hydrogen-bond acceptors (Lipinski definition) is 7. The standard InChI is InChI=1S/C29H24Br2N4O6S/c1-17-25(30)14-22(27(36)26(17)31)16-33-35-29(38)24(13-18-9-10-20-6-2-3-7-21(20)11-18)28(37)34-32-15-19-5-4-8-23(12-19)42(39,40)41/h2-12,14-16,24,36H,13H2,1H3,(H,34,37)(H,35,38)(H,39,40,41)/b32-15+,33-16+. The predicted molar refractivity (Wildman–Crippen MR) is 167 cm³/mol. The Bertz CT molecular complexity index is 1840. The van der Waals surface area contributed by atoms with Crippen molar-refractivity contribution in [3.63, 3.8) is 0 Å². The predicted octanol–water partition coefficient (Wildman–Crippen LogP) is 5.08. The van der Waals surface area contributed by atoms with Crippen molar-refractivity contribution in [3.05, 3.63) is 104 Å². The molecule has 13 heteroatoms. The van der Waals surface area contributed by atoms with Gasteiger partial charge in [-0.25, -0.2) is 10.9 Å². The third-order valence-electron chi connectivity index (χ3n) is 6.26. The highest BCUT2D eigenvalue weighted by molar-refractivity contribution is 9.11. The Morgan fingerprint density at radius 1 is 0.905 bits per heavy atom.